The van der Waals surface area contributed by atoms with Gasteiger partial charge in [0.25, 0.3) is 0 Å². The lowest BCUT2D eigenvalue weighted by Crippen LogP contribution is -2.17. The van der Waals surface area contributed by atoms with Gasteiger partial charge in [-0.05, 0) is 50.0 Å². The van der Waals surface area contributed by atoms with Gasteiger partial charge in [-0.2, -0.15) is 0 Å². The molecule has 88 valence electrons. The number of benzene rings is 1. The van der Waals surface area contributed by atoms with Gasteiger partial charge in [-0.25, -0.2) is 0 Å². The predicted octanol–water partition coefficient (Wildman–Crippen LogP) is 3.00. The van der Waals surface area contributed by atoms with E-state index in [1.54, 1.807) is 0 Å². The van der Waals surface area contributed by atoms with E-state index in [9.17, 15) is 0 Å². The summed E-state index contributed by atoms with van der Waals surface area (Å²) in [4.78, 5) is 0. The molecule has 1 aliphatic rings. The van der Waals surface area contributed by atoms with Crippen molar-refractivity contribution in [3.05, 3.63) is 34.9 Å². The second-order valence-corrected chi connectivity index (χ2v) is 4.68. The van der Waals surface area contributed by atoms with E-state index in [4.69, 9.17) is 16.3 Å². The Balaban J connectivity index is 1.81. The SMILES string of the molecule is Clc1cccc(COC2CCCNCC2)c1. The fourth-order valence-electron chi connectivity index (χ4n) is 1.99. The molecule has 2 nitrogen and oxygen atoms in total. The minimum atomic E-state index is 0.397. The van der Waals surface area contributed by atoms with E-state index in [0.29, 0.717) is 12.7 Å². The van der Waals surface area contributed by atoms with Gasteiger partial charge in [0.1, 0.15) is 0 Å². The van der Waals surface area contributed by atoms with Gasteiger partial charge >= 0.3 is 0 Å². The second kappa shape index (κ2) is 6.24. The normalized spacial score (nSPS) is 21.7. The fourth-order valence-corrected chi connectivity index (χ4v) is 2.21. The van der Waals surface area contributed by atoms with Crippen LogP contribution in [0, 0.1) is 0 Å². The molecule has 1 unspecified atom stereocenters. The van der Waals surface area contributed by atoms with E-state index in [1.165, 1.54) is 6.42 Å². The molecule has 0 aliphatic carbocycles. The van der Waals surface area contributed by atoms with E-state index in [-0.39, 0.29) is 0 Å². The molecule has 1 atom stereocenters. The number of halogens is 1. The summed E-state index contributed by atoms with van der Waals surface area (Å²) in [6, 6.07) is 7.88. The Kier molecular flexibility index (Phi) is 4.64. The van der Waals surface area contributed by atoms with Crippen molar-refractivity contribution in [3.63, 3.8) is 0 Å². The molecule has 0 amide bonds. The minimum absolute atomic E-state index is 0.397. The van der Waals surface area contributed by atoms with Gasteiger partial charge in [-0.15, -0.1) is 0 Å². The van der Waals surface area contributed by atoms with Crippen LogP contribution in [0.25, 0.3) is 0 Å². The number of nitrogens with one attached hydrogen (secondary N) is 1. The summed E-state index contributed by atoms with van der Waals surface area (Å²) in [5.74, 6) is 0. The van der Waals surface area contributed by atoms with Crippen LogP contribution in [0.15, 0.2) is 24.3 Å². The molecular formula is C13H18ClNO. The maximum atomic E-state index is 5.93. The van der Waals surface area contributed by atoms with Crippen LogP contribution >= 0.6 is 11.6 Å². The Labute approximate surface area is 102 Å². The molecule has 0 bridgehead atoms. The van der Waals surface area contributed by atoms with E-state index >= 15 is 0 Å². The van der Waals surface area contributed by atoms with Crippen molar-refractivity contribution in [2.75, 3.05) is 13.1 Å². The van der Waals surface area contributed by atoms with Gasteiger partial charge in [0.05, 0.1) is 12.7 Å². The molecule has 1 aliphatic heterocycles. The Morgan fingerprint density at radius 3 is 3.12 bits per heavy atom. The molecule has 3 heteroatoms. The predicted molar refractivity (Wildman–Crippen MR) is 66.7 cm³/mol. The monoisotopic (exact) mass is 239 g/mol. The first-order chi connectivity index (χ1) is 7.84. The zero-order valence-corrected chi connectivity index (χ0v) is 10.2. The highest BCUT2D eigenvalue weighted by atomic mass is 35.5. The lowest BCUT2D eigenvalue weighted by atomic mass is 10.1. The molecular weight excluding hydrogens is 222 g/mol. The Hall–Kier alpha value is -0.570. The van der Waals surface area contributed by atoms with Crippen LogP contribution in [0.4, 0.5) is 0 Å². The van der Waals surface area contributed by atoms with Crippen LogP contribution in [0.3, 0.4) is 0 Å². The summed E-state index contributed by atoms with van der Waals surface area (Å²) in [5.41, 5.74) is 1.16. The maximum absolute atomic E-state index is 5.93. The molecule has 1 aromatic carbocycles. The van der Waals surface area contributed by atoms with Gasteiger partial charge in [0.15, 0.2) is 0 Å². The molecule has 0 saturated carbocycles. The van der Waals surface area contributed by atoms with Gasteiger partial charge in [-0.1, -0.05) is 23.7 Å². The lowest BCUT2D eigenvalue weighted by molar-refractivity contribution is 0.0331. The van der Waals surface area contributed by atoms with Crippen LogP contribution in [0.5, 0.6) is 0 Å². The van der Waals surface area contributed by atoms with Gasteiger partial charge < -0.3 is 10.1 Å². The summed E-state index contributed by atoms with van der Waals surface area (Å²) in [5, 5.41) is 4.16. The van der Waals surface area contributed by atoms with Crippen molar-refractivity contribution in [1.29, 1.82) is 0 Å². The summed E-state index contributed by atoms with van der Waals surface area (Å²) < 4.78 is 5.91. The number of hydrogen-bond acceptors (Lipinski definition) is 2. The van der Waals surface area contributed by atoms with E-state index < -0.39 is 0 Å². The number of hydrogen-bond donors (Lipinski definition) is 1. The summed E-state index contributed by atoms with van der Waals surface area (Å²) in [7, 11) is 0. The van der Waals surface area contributed by atoms with E-state index in [1.807, 2.05) is 18.2 Å². The fraction of sp³-hybridized carbons (Fsp3) is 0.538. The van der Waals surface area contributed by atoms with Crippen molar-refractivity contribution in [1.82, 2.24) is 5.32 Å². The summed E-state index contributed by atoms with van der Waals surface area (Å²) in [6.45, 7) is 2.86. The van der Waals surface area contributed by atoms with Gasteiger partial charge in [0, 0.05) is 5.02 Å². The highest BCUT2D eigenvalue weighted by molar-refractivity contribution is 6.30. The van der Waals surface area contributed by atoms with E-state index in [2.05, 4.69) is 11.4 Å². The first-order valence-corrected chi connectivity index (χ1v) is 6.29. The van der Waals surface area contributed by atoms with Crippen LogP contribution < -0.4 is 5.32 Å². The first-order valence-electron chi connectivity index (χ1n) is 5.91. The topological polar surface area (TPSA) is 21.3 Å². The molecule has 1 saturated heterocycles. The van der Waals surface area contributed by atoms with Crippen molar-refractivity contribution >= 4 is 11.6 Å². The number of rotatable bonds is 3. The molecule has 0 spiro atoms. The summed E-state index contributed by atoms with van der Waals surface area (Å²) in [6.07, 6.45) is 3.88. The quantitative estimate of drug-likeness (QED) is 0.876. The molecule has 1 heterocycles. The molecule has 1 fully saturated rings. The summed E-state index contributed by atoms with van der Waals surface area (Å²) >= 11 is 5.93. The highest BCUT2D eigenvalue weighted by Crippen LogP contribution is 2.15. The highest BCUT2D eigenvalue weighted by Gasteiger charge is 2.11. The van der Waals surface area contributed by atoms with Crippen molar-refractivity contribution in [2.24, 2.45) is 0 Å². The van der Waals surface area contributed by atoms with Crippen LogP contribution in [-0.4, -0.2) is 19.2 Å². The molecule has 1 N–H and O–H groups in total. The molecule has 2 rings (SSSR count). The van der Waals surface area contributed by atoms with Crippen molar-refractivity contribution in [3.8, 4) is 0 Å². The standard InChI is InChI=1S/C13H18ClNO/c14-12-4-1-3-11(9-12)10-16-13-5-2-7-15-8-6-13/h1,3-4,9,13,15H,2,5-8,10H2. The largest absolute Gasteiger partial charge is 0.373 e. The Morgan fingerprint density at radius 1 is 1.31 bits per heavy atom. The van der Waals surface area contributed by atoms with Gasteiger partial charge in [0.2, 0.25) is 0 Å². The smallest absolute Gasteiger partial charge is 0.0721 e. The first kappa shape index (κ1) is 11.9. The maximum Gasteiger partial charge on any atom is 0.0721 e. The lowest BCUT2D eigenvalue weighted by Gasteiger charge is -2.15. The van der Waals surface area contributed by atoms with Gasteiger partial charge in [-0.3, -0.25) is 0 Å². The van der Waals surface area contributed by atoms with Crippen molar-refractivity contribution in [2.45, 2.75) is 32.0 Å². The van der Waals surface area contributed by atoms with Crippen LogP contribution in [-0.2, 0) is 11.3 Å². The van der Waals surface area contributed by atoms with Crippen LogP contribution in [0.2, 0.25) is 5.02 Å². The van der Waals surface area contributed by atoms with Crippen LogP contribution in [0.1, 0.15) is 24.8 Å². The zero-order valence-electron chi connectivity index (χ0n) is 9.42. The third-order valence-electron chi connectivity index (χ3n) is 2.90. The molecule has 0 aromatic heterocycles. The molecule has 0 radical (unpaired) electrons. The average molecular weight is 240 g/mol. The Bertz CT molecular complexity index is 321. The Morgan fingerprint density at radius 2 is 2.25 bits per heavy atom. The van der Waals surface area contributed by atoms with E-state index in [0.717, 1.165) is 36.5 Å². The zero-order chi connectivity index (χ0) is 11.2. The second-order valence-electron chi connectivity index (χ2n) is 4.24. The molecule has 1 aromatic rings. The average Bonchev–Trinajstić information content (AvgIpc) is 2.55. The third kappa shape index (κ3) is 3.78. The third-order valence-corrected chi connectivity index (χ3v) is 3.13. The molecule has 16 heavy (non-hydrogen) atoms. The minimum Gasteiger partial charge on any atom is -0.373 e. The number of ether oxygens (including phenoxy) is 1. The van der Waals surface area contributed by atoms with Crippen molar-refractivity contribution < 1.29 is 4.74 Å².